The first-order chi connectivity index (χ1) is 11.5. The molecule has 8 nitrogen and oxygen atoms in total. The smallest absolute Gasteiger partial charge is 0.412 e. The van der Waals surface area contributed by atoms with Gasteiger partial charge >= 0.3 is 11.8 Å². The van der Waals surface area contributed by atoms with E-state index in [9.17, 15) is 14.9 Å². The maximum absolute atomic E-state index is 11.8. The number of nitro benzene ring substituents is 1. The number of rotatable bonds is 6. The maximum Gasteiger partial charge on any atom is 0.412 e. The van der Waals surface area contributed by atoms with E-state index in [0.29, 0.717) is 11.3 Å². The van der Waals surface area contributed by atoms with Crippen molar-refractivity contribution in [3.05, 3.63) is 58.1 Å². The summed E-state index contributed by atoms with van der Waals surface area (Å²) in [5, 5.41) is 13.6. The zero-order chi connectivity index (χ0) is 17.5. The third-order valence-corrected chi connectivity index (χ3v) is 3.16. The van der Waals surface area contributed by atoms with Crippen LogP contribution in [-0.2, 0) is 6.54 Å². The lowest BCUT2D eigenvalue weighted by Gasteiger charge is -2.12. The van der Waals surface area contributed by atoms with Crippen molar-refractivity contribution in [2.24, 2.45) is 0 Å². The molecule has 0 aromatic heterocycles. The highest BCUT2D eigenvalue weighted by molar-refractivity contribution is 5.70. The molecule has 126 valence electrons. The molecule has 2 rings (SSSR count). The van der Waals surface area contributed by atoms with Gasteiger partial charge in [-0.3, -0.25) is 10.1 Å². The van der Waals surface area contributed by atoms with E-state index in [2.05, 4.69) is 5.32 Å². The number of benzene rings is 2. The van der Waals surface area contributed by atoms with Crippen LogP contribution in [-0.4, -0.2) is 25.2 Å². The zero-order valence-corrected chi connectivity index (χ0v) is 13.1. The summed E-state index contributed by atoms with van der Waals surface area (Å²) in [5.74, 6) is 0.750. The van der Waals surface area contributed by atoms with Gasteiger partial charge in [0.05, 0.1) is 25.2 Å². The number of ether oxygens (including phenoxy) is 3. The van der Waals surface area contributed by atoms with E-state index in [4.69, 9.17) is 14.2 Å². The van der Waals surface area contributed by atoms with Crippen LogP contribution in [0.4, 0.5) is 10.5 Å². The average Bonchev–Trinajstić information content (AvgIpc) is 2.59. The number of hydrogen-bond donors (Lipinski definition) is 1. The molecule has 0 radical (unpaired) electrons. The van der Waals surface area contributed by atoms with Gasteiger partial charge in [-0.05, 0) is 18.2 Å². The standard InChI is InChI=1S/C16H16N2O6/c1-22-14-9-13(18(20)21)15(23-2)8-11(14)10-17-16(19)24-12-6-4-3-5-7-12/h3-9H,10H2,1-2H3,(H,17,19). The molecule has 0 saturated heterocycles. The van der Waals surface area contributed by atoms with E-state index in [0.717, 1.165) is 0 Å². The molecule has 0 aliphatic heterocycles. The summed E-state index contributed by atoms with van der Waals surface area (Å²) in [5.41, 5.74) is 0.301. The van der Waals surface area contributed by atoms with Gasteiger partial charge in [-0.15, -0.1) is 0 Å². The lowest BCUT2D eigenvalue weighted by Crippen LogP contribution is -2.26. The van der Waals surface area contributed by atoms with Gasteiger partial charge in [-0.25, -0.2) is 4.79 Å². The van der Waals surface area contributed by atoms with Crippen LogP contribution in [0.2, 0.25) is 0 Å². The van der Waals surface area contributed by atoms with E-state index < -0.39 is 11.0 Å². The highest BCUT2D eigenvalue weighted by Crippen LogP contribution is 2.34. The molecule has 1 amide bonds. The molecule has 0 heterocycles. The molecule has 0 unspecified atom stereocenters. The molecule has 1 N–H and O–H groups in total. The van der Waals surface area contributed by atoms with Gasteiger partial charge in [-0.2, -0.15) is 0 Å². The third kappa shape index (κ3) is 4.13. The minimum absolute atomic E-state index is 0.0587. The number of nitrogens with one attached hydrogen (secondary N) is 1. The Kier molecular flexibility index (Phi) is 5.56. The molecular formula is C16H16N2O6. The Hall–Kier alpha value is -3.29. The topological polar surface area (TPSA) is 99.9 Å². The average molecular weight is 332 g/mol. The van der Waals surface area contributed by atoms with Gasteiger partial charge in [0, 0.05) is 12.1 Å². The van der Waals surface area contributed by atoms with Crippen molar-refractivity contribution in [1.29, 1.82) is 0 Å². The number of methoxy groups -OCH3 is 2. The van der Waals surface area contributed by atoms with Gasteiger partial charge in [-0.1, -0.05) is 18.2 Å². The van der Waals surface area contributed by atoms with Crippen LogP contribution in [0.3, 0.4) is 0 Å². The molecule has 2 aromatic rings. The highest BCUT2D eigenvalue weighted by atomic mass is 16.6. The van der Waals surface area contributed by atoms with Crippen LogP contribution >= 0.6 is 0 Å². The Morgan fingerprint density at radius 1 is 1.12 bits per heavy atom. The molecule has 0 aliphatic rings. The van der Waals surface area contributed by atoms with Crippen LogP contribution in [0, 0.1) is 10.1 Å². The lowest BCUT2D eigenvalue weighted by molar-refractivity contribution is -0.385. The summed E-state index contributed by atoms with van der Waals surface area (Å²) in [4.78, 5) is 22.2. The fourth-order valence-corrected chi connectivity index (χ4v) is 2.02. The second kappa shape index (κ2) is 7.82. The number of nitro groups is 1. The Morgan fingerprint density at radius 2 is 1.79 bits per heavy atom. The fraction of sp³-hybridized carbons (Fsp3) is 0.188. The van der Waals surface area contributed by atoms with Crippen molar-refractivity contribution >= 4 is 11.8 Å². The minimum atomic E-state index is -0.652. The van der Waals surface area contributed by atoms with Crippen LogP contribution < -0.4 is 19.5 Å². The molecule has 0 spiro atoms. The number of carbonyl (C=O) groups excluding carboxylic acids is 1. The van der Waals surface area contributed by atoms with Crippen molar-refractivity contribution in [2.45, 2.75) is 6.54 Å². The Labute approximate surface area is 138 Å². The van der Waals surface area contributed by atoms with E-state index in [1.54, 1.807) is 30.3 Å². The predicted molar refractivity (Wildman–Crippen MR) is 85.5 cm³/mol. The maximum atomic E-state index is 11.8. The summed E-state index contributed by atoms with van der Waals surface area (Å²) < 4.78 is 15.2. The highest BCUT2D eigenvalue weighted by Gasteiger charge is 2.20. The van der Waals surface area contributed by atoms with Crippen molar-refractivity contribution in [2.75, 3.05) is 14.2 Å². The molecule has 0 fully saturated rings. The Balaban J connectivity index is 2.11. The van der Waals surface area contributed by atoms with Gasteiger partial charge < -0.3 is 19.5 Å². The third-order valence-electron chi connectivity index (χ3n) is 3.16. The van der Waals surface area contributed by atoms with Crippen molar-refractivity contribution in [3.8, 4) is 17.2 Å². The summed E-state index contributed by atoms with van der Waals surface area (Å²) in [7, 11) is 2.72. The predicted octanol–water partition coefficient (Wildman–Crippen LogP) is 2.90. The second-order valence-electron chi connectivity index (χ2n) is 4.65. The summed E-state index contributed by atoms with van der Waals surface area (Å²) in [6.07, 6.45) is -0.652. The number of nitrogens with zero attached hydrogens (tertiary/aromatic N) is 1. The zero-order valence-electron chi connectivity index (χ0n) is 13.1. The Bertz CT molecular complexity index is 733. The van der Waals surface area contributed by atoms with Gasteiger partial charge in [0.1, 0.15) is 11.5 Å². The molecule has 8 heteroatoms. The molecule has 0 atom stereocenters. The molecule has 2 aromatic carbocycles. The van der Waals surface area contributed by atoms with Crippen LogP contribution in [0.15, 0.2) is 42.5 Å². The SMILES string of the molecule is COc1cc([N+](=O)[O-])c(OC)cc1CNC(=O)Oc1ccccc1. The first-order valence-corrected chi connectivity index (χ1v) is 6.95. The van der Waals surface area contributed by atoms with E-state index in [-0.39, 0.29) is 23.7 Å². The van der Waals surface area contributed by atoms with E-state index in [1.807, 2.05) is 0 Å². The number of para-hydroxylation sites is 1. The van der Waals surface area contributed by atoms with Crippen molar-refractivity contribution < 1.29 is 23.9 Å². The first-order valence-electron chi connectivity index (χ1n) is 6.95. The van der Waals surface area contributed by atoms with Crippen molar-refractivity contribution in [1.82, 2.24) is 5.32 Å². The first kappa shape index (κ1) is 17.1. The van der Waals surface area contributed by atoms with Crippen molar-refractivity contribution in [3.63, 3.8) is 0 Å². The number of carbonyl (C=O) groups is 1. The van der Waals surface area contributed by atoms with Gasteiger partial charge in [0.25, 0.3) is 0 Å². The molecule has 0 bridgehead atoms. The quantitative estimate of drug-likeness (QED) is 0.645. The van der Waals surface area contributed by atoms with Crippen LogP contribution in [0.1, 0.15) is 5.56 Å². The minimum Gasteiger partial charge on any atom is -0.496 e. The fourth-order valence-electron chi connectivity index (χ4n) is 2.02. The van der Waals surface area contributed by atoms with E-state index >= 15 is 0 Å². The lowest BCUT2D eigenvalue weighted by atomic mass is 10.1. The second-order valence-corrected chi connectivity index (χ2v) is 4.65. The summed E-state index contributed by atoms with van der Waals surface area (Å²) in [6, 6.07) is 11.3. The normalized spacial score (nSPS) is 9.92. The number of amides is 1. The van der Waals surface area contributed by atoms with Crippen LogP contribution in [0.25, 0.3) is 0 Å². The number of hydrogen-bond acceptors (Lipinski definition) is 6. The summed E-state index contributed by atoms with van der Waals surface area (Å²) >= 11 is 0. The van der Waals surface area contributed by atoms with Gasteiger partial charge in [0.15, 0.2) is 5.75 Å². The van der Waals surface area contributed by atoms with E-state index in [1.165, 1.54) is 26.4 Å². The molecule has 24 heavy (non-hydrogen) atoms. The largest absolute Gasteiger partial charge is 0.496 e. The monoisotopic (exact) mass is 332 g/mol. The Morgan fingerprint density at radius 3 is 2.38 bits per heavy atom. The molecule has 0 saturated carbocycles. The van der Waals surface area contributed by atoms with Gasteiger partial charge in [0.2, 0.25) is 0 Å². The van der Waals surface area contributed by atoms with Crippen LogP contribution in [0.5, 0.6) is 17.2 Å². The summed E-state index contributed by atoms with van der Waals surface area (Å²) in [6.45, 7) is 0.0587. The molecule has 0 aliphatic carbocycles. The molecular weight excluding hydrogens is 316 g/mol.